The number of carbonyl (C=O) groups excluding carboxylic acids is 6. The molecule has 0 saturated carbocycles. The average molecular weight is 751 g/mol. The van der Waals surface area contributed by atoms with Crippen LogP contribution in [0.5, 0.6) is 0 Å². The van der Waals surface area contributed by atoms with Gasteiger partial charge in [-0.05, 0) is 63.4 Å². The van der Waals surface area contributed by atoms with Crippen LogP contribution < -0.4 is 27.2 Å². The Hall–Kier alpha value is -6.23. The van der Waals surface area contributed by atoms with Crippen LogP contribution in [0.3, 0.4) is 0 Å². The van der Waals surface area contributed by atoms with E-state index in [4.69, 9.17) is 10.7 Å². The van der Waals surface area contributed by atoms with Crippen molar-refractivity contribution in [2.75, 3.05) is 11.1 Å². The highest BCUT2D eigenvalue weighted by Gasteiger charge is 2.40. The number of nitrogens with two attached hydrogens (primary N) is 1. The SMILES string of the molecule is Cc1sc2c(c1C)C(c1ccc(N)cc1)=N[C@@H](CC(=O)NNC(=O)CCCC(=O)Nc1cccc3c1CN(C1CCC(=O)NC1=O)C3=O)c1nnc(C)n1-2. The zero-order chi connectivity index (χ0) is 38.3. The minimum Gasteiger partial charge on any atom is -0.399 e. The lowest BCUT2D eigenvalue weighted by molar-refractivity contribution is -0.137. The van der Waals surface area contributed by atoms with Crippen LogP contribution in [0.15, 0.2) is 47.5 Å². The van der Waals surface area contributed by atoms with Crippen molar-refractivity contribution in [2.45, 2.75) is 77.9 Å². The molecule has 17 heteroatoms. The summed E-state index contributed by atoms with van der Waals surface area (Å²) in [5.74, 6) is -1.42. The number of amides is 6. The summed E-state index contributed by atoms with van der Waals surface area (Å²) in [4.78, 5) is 83.5. The van der Waals surface area contributed by atoms with Gasteiger partial charge in [-0.3, -0.25) is 54.5 Å². The van der Waals surface area contributed by atoms with Crippen LogP contribution in [-0.4, -0.2) is 66.9 Å². The molecule has 7 rings (SSSR count). The maximum Gasteiger partial charge on any atom is 0.255 e. The van der Waals surface area contributed by atoms with E-state index in [1.54, 1.807) is 41.7 Å². The van der Waals surface area contributed by atoms with E-state index >= 15 is 0 Å². The number of hydrogen-bond acceptors (Lipinski definition) is 11. The molecule has 16 nitrogen and oxygen atoms in total. The highest BCUT2D eigenvalue weighted by atomic mass is 32.1. The van der Waals surface area contributed by atoms with Gasteiger partial charge >= 0.3 is 0 Å². The molecule has 2 aromatic carbocycles. The lowest BCUT2D eigenvalue weighted by Crippen LogP contribution is -2.52. The smallest absolute Gasteiger partial charge is 0.255 e. The number of hydrazine groups is 1. The molecule has 6 N–H and O–H groups in total. The molecule has 1 fully saturated rings. The molecule has 1 saturated heterocycles. The van der Waals surface area contributed by atoms with Gasteiger partial charge in [0.2, 0.25) is 29.5 Å². The van der Waals surface area contributed by atoms with E-state index in [1.807, 2.05) is 37.5 Å². The van der Waals surface area contributed by atoms with E-state index in [1.165, 1.54) is 4.90 Å². The molecule has 1 unspecified atom stereocenters. The topological polar surface area (TPSA) is 223 Å². The predicted octanol–water partition coefficient (Wildman–Crippen LogP) is 2.84. The molecule has 6 amide bonds. The number of rotatable bonds is 9. The van der Waals surface area contributed by atoms with E-state index in [-0.39, 0.29) is 62.8 Å². The average Bonchev–Trinajstić information content (AvgIpc) is 3.75. The van der Waals surface area contributed by atoms with Gasteiger partial charge in [0.15, 0.2) is 5.82 Å². The molecule has 5 heterocycles. The van der Waals surface area contributed by atoms with Crippen LogP contribution in [-0.2, 0) is 30.5 Å². The normalized spacial score (nSPS) is 17.5. The standard InChI is InChI=1S/C37H38N10O6S/c1-18-19(2)54-37-32(18)33(21-10-12-22(38)13-11-21)40-26(34-45-42-20(3)47(34)37)16-31(51)44-43-30(50)9-5-8-28(48)39-25-7-4-6-23-24(25)17-46(36(23)53)27-14-15-29(49)41-35(27)52/h4,6-7,10-13,26-27H,5,8-9,14-17,38H2,1-3H3,(H,39,48)(H,43,50)(H,44,51)(H,41,49,52)/t26-,27?/m0/s1. The maximum atomic E-state index is 13.2. The molecule has 54 heavy (non-hydrogen) atoms. The number of nitrogen functional groups attached to an aromatic ring is 1. The van der Waals surface area contributed by atoms with E-state index in [0.717, 1.165) is 26.6 Å². The number of aromatic nitrogens is 3. The number of carbonyl (C=O) groups is 6. The van der Waals surface area contributed by atoms with Gasteiger partial charge in [-0.25, -0.2) is 0 Å². The van der Waals surface area contributed by atoms with Crippen molar-refractivity contribution in [1.82, 2.24) is 35.8 Å². The number of piperidine rings is 1. The van der Waals surface area contributed by atoms with E-state index in [2.05, 4.69) is 31.7 Å². The summed E-state index contributed by atoms with van der Waals surface area (Å²) < 4.78 is 1.94. The second-order valence-electron chi connectivity index (χ2n) is 13.5. The summed E-state index contributed by atoms with van der Waals surface area (Å²) >= 11 is 1.60. The van der Waals surface area contributed by atoms with Gasteiger partial charge in [0, 0.05) is 64.3 Å². The fraction of sp³-hybridized carbons (Fsp3) is 0.324. The molecule has 0 bridgehead atoms. The first-order valence-electron chi connectivity index (χ1n) is 17.5. The quantitative estimate of drug-likeness (QED) is 0.0963. The number of aryl methyl sites for hydroxylation is 2. The fourth-order valence-corrected chi connectivity index (χ4v) is 8.13. The van der Waals surface area contributed by atoms with Crippen LogP contribution in [0, 0.1) is 20.8 Å². The summed E-state index contributed by atoms with van der Waals surface area (Å²) in [5, 5.41) is 14.7. The van der Waals surface area contributed by atoms with Gasteiger partial charge in [0.25, 0.3) is 5.91 Å². The van der Waals surface area contributed by atoms with E-state index in [0.29, 0.717) is 39.9 Å². The van der Waals surface area contributed by atoms with Crippen molar-refractivity contribution in [3.05, 3.63) is 86.8 Å². The van der Waals surface area contributed by atoms with Crippen molar-refractivity contribution in [2.24, 2.45) is 4.99 Å². The van der Waals surface area contributed by atoms with Crippen LogP contribution in [0.4, 0.5) is 11.4 Å². The first-order valence-corrected chi connectivity index (χ1v) is 18.3. The number of fused-ring (bicyclic) bond motifs is 4. The first-order chi connectivity index (χ1) is 25.9. The number of imide groups is 1. The van der Waals surface area contributed by atoms with Crippen LogP contribution in [0.25, 0.3) is 5.00 Å². The highest BCUT2D eigenvalue weighted by molar-refractivity contribution is 7.15. The Morgan fingerprint density at radius 2 is 1.70 bits per heavy atom. The van der Waals surface area contributed by atoms with Gasteiger partial charge in [-0.1, -0.05) is 18.2 Å². The van der Waals surface area contributed by atoms with E-state index in [9.17, 15) is 28.8 Å². The zero-order valence-corrected chi connectivity index (χ0v) is 30.6. The van der Waals surface area contributed by atoms with Gasteiger partial charge in [-0.15, -0.1) is 21.5 Å². The maximum absolute atomic E-state index is 13.2. The van der Waals surface area contributed by atoms with Gasteiger partial charge in [-0.2, -0.15) is 0 Å². The molecule has 2 aromatic heterocycles. The lowest BCUT2D eigenvalue weighted by Gasteiger charge is -2.29. The second-order valence-corrected chi connectivity index (χ2v) is 14.7. The number of nitrogens with zero attached hydrogens (tertiary/aromatic N) is 5. The summed E-state index contributed by atoms with van der Waals surface area (Å²) in [6.45, 7) is 6.05. The van der Waals surface area contributed by atoms with Crippen molar-refractivity contribution in [1.29, 1.82) is 0 Å². The van der Waals surface area contributed by atoms with Gasteiger partial charge in [0.05, 0.1) is 12.1 Å². The van der Waals surface area contributed by atoms with Crippen LogP contribution >= 0.6 is 11.3 Å². The Morgan fingerprint density at radius 3 is 2.46 bits per heavy atom. The Morgan fingerprint density at radius 1 is 0.963 bits per heavy atom. The third-order valence-corrected chi connectivity index (χ3v) is 11.0. The Balaban J connectivity index is 0.945. The zero-order valence-electron chi connectivity index (χ0n) is 29.8. The molecule has 3 aliphatic heterocycles. The first kappa shape index (κ1) is 36.1. The van der Waals surface area contributed by atoms with Gasteiger partial charge in [0.1, 0.15) is 22.9 Å². The van der Waals surface area contributed by atoms with Gasteiger partial charge < -0.3 is 16.0 Å². The fourth-order valence-electron chi connectivity index (χ4n) is 6.92. The molecule has 2 atom stereocenters. The summed E-state index contributed by atoms with van der Waals surface area (Å²) in [6, 6.07) is 10.8. The number of nitrogens with one attached hydrogen (secondary N) is 4. The van der Waals surface area contributed by atoms with Crippen molar-refractivity contribution >= 4 is 63.9 Å². The molecule has 0 radical (unpaired) electrons. The van der Waals surface area contributed by atoms with Crippen LogP contribution in [0.1, 0.15) is 93.7 Å². The summed E-state index contributed by atoms with van der Waals surface area (Å²) in [7, 11) is 0. The molecule has 4 aromatic rings. The van der Waals surface area contributed by atoms with Crippen molar-refractivity contribution in [3.8, 4) is 5.00 Å². The number of anilines is 2. The summed E-state index contributed by atoms with van der Waals surface area (Å²) in [6.07, 6.45) is 0.379. The Kier molecular flexibility index (Phi) is 9.81. The second kappa shape index (κ2) is 14.7. The van der Waals surface area contributed by atoms with Crippen LogP contribution in [0.2, 0.25) is 0 Å². The third kappa shape index (κ3) is 6.96. The third-order valence-electron chi connectivity index (χ3n) is 9.81. The van der Waals surface area contributed by atoms with Crippen molar-refractivity contribution in [3.63, 3.8) is 0 Å². The van der Waals surface area contributed by atoms with Crippen molar-refractivity contribution < 1.29 is 28.8 Å². The lowest BCUT2D eigenvalue weighted by atomic mass is 9.99. The number of benzene rings is 2. The molecular weight excluding hydrogens is 713 g/mol. The number of thiophene rings is 1. The number of aliphatic imine (C=N–C) groups is 1. The molecule has 0 spiro atoms. The molecule has 278 valence electrons. The molecule has 0 aliphatic carbocycles. The largest absolute Gasteiger partial charge is 0.399 e. The summed E-state index contributed by atoms with van der Waals surface area (Å²) in [5.41, 5.74) is 16.4. The minimum absolute atomic E-state index is 0.00142. The molecular formula is C37H38N10O6S. The highest BCUT2D eigenvalue weighted by Crippen LogP contribution is 2.39. The molecule has 3 aliphatic rings. The predicted molar refractivity (Wildman–Crippen MR) is 199 cm³/mol. The number of hydrogen-bond donors (Lipinski definition) is 5. The minimum atomic E-state index is -0.774. The Labute approximate surface area is 313 Å². The monoisotopic (exact) mass is 750 g/mol. The Bertz CT molecular complexity index is 2260. The van der Waals surface area contributed by atoms with E-state index < -0.39 is 29.8 Å².